The molecule has 0 amide bonds. The Morgan fingerprint density at radius 2 is 1.52 bits per heavy atom. The van der Waals surface area contributed by atoms with Crippen LogP contribution in [0.4, 0.5) is 5.69 Å². The van der Waals surface area contributed by atoms with Crippen LogP contribution in [0.5, 0.6) is 5.75 Å². The predicted octanol–water partition coefficient (Wildman–Crippen LogP) is 7.11. The highest BCUT2D eigenvalue weighted by Crippen LogP contribution is 2.27. The first-order valence-electron chi connectivity index (χ1n) is 8.89. The van der Waals surface area contributed by atoms with Gasteiger partial charge >= 0.3 is 0 Å². The number of aliphatic imine (C=N–C) groups is 1. The van der Waals surface area contributed by atoms with Crippen LogP contribution < -0.4 is 4.74 Å². The third kappa shape index (κ3) is 5.60. The van der Waals surface area contributed by atoms with E-state index in [1.165, 1.54) is 11.1 Å². The van der Waals surface area contributed by atoms with Crippen molar-refractivity contribution in [3.8, 4) is 5.75 Å². The van der Waals surface area contributed by atoms with Crippen molar-refractivity contribution in [3.05, 3.63) is 102 Å². The van der Waals surface area contributed by atoms with E-state index in [9.17, 15) is 0 Å². The molecule has 0 N–H and O–H groups in total. The summed E-state index contributed by atoms with van der Waals surface area (Å²) in [5.74, 6) is 0.834. The van der Waals surface area contributed by atoms with Crippen molar-refractivity contribution in [3.63, 3.8) is 0 Å². The number of para-hydroxylation sites is 1. The lowest BCUT2D eigenvalue weighted by molar-refractivity contribution is 0.478. The van der Waals surface area contributed by atoms with E-state index in [2.05, 4.69) is 38.1 Å². The number of benzene rings is 3. The fourth-order valence-corrected chi connectivity index (χ4v) is 3.28. The van der Waals surface area contributed by atoms with Gasteiger partial charge in [-0.05, 0) is 68.3 Å². The molecule has 0 aliphatic heterocycles. The Bertz CT molecular complexity index is 947. The highest BCUT2D eigenvalue weighted by Gasteiger charge is 2.07. The summed E-state index contributed by atoms with van der Waals surface area (Å²) >= 11 is 1.63. The molecule has 27 heavy (non-hydrogen) atoms. The standard InChI is InChI=1S/C24H23NOS/c1-18-14-15-22(16-19(18)2)26-17-20(3)24(25-21-10-6-4-7-11-21)27-23-12-8-5-9-13-23/h4-17H,1-3H3/b20-17+,25-24?. The molecule has 0 unspecified atom stereocenters. The van der Waals surface area contributed by atoms with Crippen LogP contribution in [-0.2, 0) is 0 Å². The van der Waals surface area contributed by atoms with E-state index >= 15 is 0 Å². The highest BCUT2D eigenvalue weighted by atomic mass is 32.2. The second-order valence-corrected chi connectivity index (χ2v) is 7.39. The van der Waals surface area contributed by atoms with Crippen molar-refractivity contribution in [1.29, 1.82) is 0 Å². The molecule has 136 valence electrons. The molecule has 0 saturated heterocycles. The van der Waals surface area contributed by atoms with Gasteiger partial charge in [-0.15, -0.1) is 0 Å². The highest BCUT2D eigenvalue weighted by molar-refractivity contribution is 8.14. The van der Waals surface area contributed by atoms with Crippen molar-refractivity contribution in [2.45, 2.75) is 25.7 Å². The van der Waals surface area contributed by atoms with Crippen molar-refractivity contribution < 1.29 is 4.74 Å². The van der Waals surface area contributed by atoms with Crippen LogP contribution in [0.1, 0.15) is 18.1 Å². The molecule has 3 heteroatoms. The number of rotatable bonds is 5. The normalized spacial score (nSPS) is 12.1. The van der Waals surface area contributed by atoms with Crippen LogP contribution in [0.3, 0.4) is 0 Å². The van der Waals surface area contributed by atoms with Gasteiger partial charge in [0.15, 0.2) is 0 Å². The second-order valence-electron chi connectivity index (χ2n) is 6.33. The number of hydrogen-bond acceptors (Lipinski definition) is 3. The fraction of sp³-hybridized carbons (Fsp3) is 0.125. The van der Waals surface area contributed by atoms with Gasteiger partial charge in [0, 0.05) is 10.5 Å². The van der Waals surface area contributed by atoms with E-state index in [-0.39, 0.29) is 0 Å². The SMILES string of the molecule is C/C(=C\Oc1ccc(C)c(C)c1)C(=Nc1ccccc1)Sc1ccccc1. The quantitative estimate of drug-likeness (QED) is 0.206. The van der Waals surface area contributed by atoms with E-state index in [0.29, 0.717) is 0 Å². The number of hydrogen-bond donors (Lipinski definition) is 0. The van der Waals surface area contributed by atoms with Gasteiger partial charge in [-0.3, -0.25) is 0 Å². The van der Waals surface area contributed by atoms with E-state index in [1.54, 1.807) is 18.0 Å². The van der Waals surface area contributed by atoms with Crippen LogP contribution in [-0.4, -0.2) is 5.04 Å². The molecule has 0 aliphatic rings. The smallest absolute Gasteiger partial charge is 0.126 e. The molecule has 0 heterocycles. The zero-order valence-corrected chi connectivity index (χ0v) is 16.7. The molecule has 3 rings (SSSR count). The first kappa shape index (κ1) is 19.0. The number of nitrogens with zero attached hydrogens (tertiary/aromatic N) is 1. The Kier molecular flexibility index (Phi) is 6.50. The van der Waals surface area contributed by atoms with Crippen LogP contribution >= 0.6 is 11.8 Å². The molecule has 0 spiro atoms. The molecule has 0 bridgehead atoms. The average Bonchev–Trinajstić information content (AvgIpc) is 2.70. The Morgan fingerprint density at radius 1 is 0.852 bits per heavy atom. The monoisotopic (exact) mass is 373 g/mol. The first-order chi connectivity index (χ1) is 13.1. The molecule has 0 aliphatic carbocycles. The summed E-state index contributed by atoms with van der Waals surface area (Å²) in [6, 6.07) is 26.4. The maximum absolute atomic E-state index is 5.90. The molecule has 0 aromatic heterocycles. The van der Waals surface area contributed by atoms with Gasteiger partial charge in [0.05, 0.1) is 11.9 Å². The van der Waals surface area contributed by atoms with Crippen LogP contribution in [0.15, 0.2) is 101 Å². The summed E-state index contributed by atoms with van der Waals surface area (Å²) in [5.41, 5.74) is 4.38. The summed E-state index contributed by atoms with van der Waals surface area (Å²) in [6.45, 7) is 6.21. The van der Waals surface area contributed by atoms with E-state index in [0.717, 1.165) is 26.9 Å². The van der Waals surface area contributed by atoms with Crippen LogP contribution in [0.2, 0.25) is 0 Å². The number of thioether (sulfide) groups is 1. The lowest BCUT2D eigenvalue weighted by atomic mass is 10.1. The summed E-state index contributed by atoms with van der Waals surface area (Å²) in [5, 5.41) is 0.913. The van der Waals surface area contributed by atoms with E-state index in [4.69, 9.17) is 9.73 Å². The maximum atomic E-state index is 5.90. The molecule has 0 fully saturated rings. The van der Waals surface area contributed by atoms with Gasteiger partial charge in [-0.25, -0.2) is 4.99 Å². The molecule has 3 aromatic carbocycles. The van der Waals surface area contributed by atoms with Gasteiger partial charge < -0.3 is 4.74 Å². The zero-order chi connectivity index (χ0) is 19.1. The number of aryl methyl sites for hydroxylation is 2. The molecule has 0 atom stereocenters. The van der Waals surface area contributed by atoms with Crippen LogP contribution in [0, 0.1) is 13.8 Å². The van der Waals surface area contributed by atoms with Gasteiger partial charge in [0.2, 0.25) is 0 Å². The topological polar surface area (TPSA) is 21.6 Å². The van der Waals surface area contributed by atoms with Crippen LogP contribution in [0.25, 0.3) is 0 Å². The minimum absolute atomic E-state index is 0.834. The summed E-state index contributed by atoms with van der Waals surface area (Å²) in [6.07, 6.45) is 1.78. The largest absolute Gasteiger partial charge is 0.465 e. The minimum atomic E-state index is 0.834. The maximum Gasteiger partial charge on any atom is 0.126 e. The summed E-state index contributed by atoms with van der Waals surface area (Å²) < 4.78 is 5.90. The van der Waals surface area contributed by atoms with Crippen molar-refractivity contribution >= 4 is 22.5 Å². The lowest BCUT2D eigenvalue weighted by Gasteiger charge is -2.09. The lowest BCUT2D eigenvalue weighted by Crippen LogP contribution is -1.97. The van der Waals surface area contributed by atoms with Crippen molar-refractivity contribution in [1.82, 2.24) is 0 Å². The van der Waals surface area contributed by atoms with Crippen molar-refractivity contribution in [2.75, 3.05) is 0 Å². The molecule has 2 nitrogen and oxygen atoms in total. The third-order valence-electron chi connectivity index (χ3n) is 4.13. The second kappa shape index (κ2) is 9.24. The Balaban J connectivity index is 1.86. The van der Waals surface area contributed by atoms with Gasteiger partial charge in [-0.1, -0.05) is 54.2 Å². The molecule has 3 aromatic rings. The average molecular weight is 374 g/mol. The minimum Gasteiger partial charge on any atom is -0.465 e. The molecule has 0 saturated carbocycles. The van der Waals surface area contributed by atoms with E-state index < -0.39 is 0 Å². The number of ether oxygens (including phenoxy) is 1. The van der Waals surface area contributed by atoms with E-state index in [1.807, 2.05) is 61.5 Å². The fourth-order valence-electron chi connectivity index (χ4n) is 2.41. The third-order valence-corrected chi connectivity index (χ3v) is 5.25. The van der Waals surface area contributed by atoms with Crippen molar-refractivity contribution in [2.24, 2.45) is 4.99 Å². The first-order valence-corrected chi connectivity index (χ1v) is 9.71. The molecular weight excluding hydrogens is 350 g/mol. The molecule has 0 radical (unpaired) electrons. The Morgan fingerprint density at radius 3 is 2.19 bits per heavy atom. The summed E-state index contributed by atoms with van der Waals surface area (Å²) in [4.78, 5) is 5.97. The van der Waals surface area contributed by atoms with Gasteiger partial charge in [-0.2, -0.15) is 0 Å². The van der Waals surface area contributed by atoms with Gasteiger partial charge in [0.25, 0.3) is 0 Å². The van der Waals surface area contributed by atoms with Gasteiger partial charge in [0.1, 0.15) is 10.8 Å². The Labute approximate surface area is 165 Å². The predicted molar refractivity (Wildman–Crippen MR) is 116 cm³/mol. The Hall–Kier alpha value is -2.78. The molecular formula is C24H23NOS. The zero-order valence-electron chi connectivity index (χ0n) is 15.8. The summed E-state index contributed by atoms with van der Waals surface area (Å²) in [7, 11) is 0.